The van der Waals surface area contributed by atoms with Gasteiger partial charge in [0.15, 0.2) is 0 Å². The van der Waals surface area contributed by atoms with Crippen LogP contribution >= 0.6 is 7.60 Å². The number of hydrogen-bond acceptors (Lipinski definition) is 6. The summed E-state index contributed by atoms with van der Waals surface area (Å²) in [7, 11) is -1.14. The van der Waals surface area contributed by atoms with Crippen molar-refractivity contribution in [2.24, 2.45) is 0 Å². The van der Waals surface area contributed by atoms with E-state index in [0.717, 1.165) is 33.5 Å². The van der Waals surface area contributed by atoms with E-state index in [1.54, 1.807) is 18.2 Å². The molecule has 0 saturated heterocycles. The second-order valence-electron chi connectivity index (χ2n) is 5.39. The fourth-order valence-electron chi connectivity index (χ4n) is 2.59. The molecule has 0 unspecified atom stereocenters. The Morgan fingerprint density at radius 2 is 1.52 bits per heavy atom. The molecule has 27 heavy (non-hydrogen) atoms. The maximum Gasteiger partial charge on any atom is 0.371 e. The van der Waals surface area contributed by atoms with Crippen LogP contribution < -0.4 is 5.32 Å². The number of carbonyl (C=O) groups is 2. The zero-order chi connectivity index (χ0) is 20.1. The largest absolute Gasteiger partial charge is 0.467 e. The van der Waals surface area contributed by atoms with Gasteiger partial charge < -0.3 is 19.1 Å². The van der Waals surface area contributed by atoms with Crippen molar-refractivity contribution < 1.29 is 32.3 Å². The third-order valence-corrected chi connectivity index (χ3v) is 6.30. The smallest absolute Gasteiger partial charge is 0.371 e. The summed E-state index contributed by atoms with van der Waals surface area (Å²) < 4.78 is 41.6. The highest BCUT2D eigenvalue weighted by Gasteiger charge is 2.60. The Morgan fingerprint density at radius 1 is 0.963 bits per heavy atom. The maximum atomic E-state index is 13.4. The van der Waals surface area contributed by atoms with Crippen LogP contribution in [0.5, 0.6) is 0 Å². The third kappa shape index (κ3) is 3.78. The standard InChI is InChI=1S/C18H19FNO6P/c1-24-17(22)18(27(23,25-2)26-3,14-9-11-15(19)12-10-14)20-16(21)13-7-5-4-6-8-13/h4-12H,1-3H3,(H,20,21)/t18-/m0/s1. The van der Waals surface area contributed by atoms with Gasteiger partial charge in [0, 0.05) is 25.3 Å². The third-order valence-electron chi connectivity index (χ3n) is 3.96. The highest BCUT2D eigenvalue weighted by atomic mass is 31.2. The molecule has 1 N–H and O–H groups in total. The quantitative estimate of drug-likeness (QED) is 0.572. The monoisotopic (exact) mass is 395 g/mol. The van der Waals surface area contributed by atoms with E-state index in [2.05, 4.69) is 5.32 Å². The molecule has 0 aliphatic heterocycles. The van der Waals surface area contributed by atoms with Crippen LogP contribution in [-0.4, -0.2) is 33.2 Å². The minimum atomic E-state index is -4.34. The molecule has 0 aliphatic carbocycles. The van der Waals surface area contributed by atoms with Gasteiger partial charge in [-0.05, 0) is 24.3 Å². The number of esters is 1. The van der Waals surface area contributed by atoms with Crippen molar-refractivity contribution in [1.29, 1.82) is 0 Å². The average molecular weight is 395 g/mol. The zero-order valence-electron chi connectivity index (χ0n) is 15.0. The molecule has 2 aromatic rings. The Morgan fingerprint density at radius 3 is 2.00 bits per heavy atom. The SMILES string of the molecule is COC(=O)[C@](NC(=O)c1ccccc1)(c1ccc(F)cc1)P(=O)(OC)OC. The van der Waals surface area contributed by atoms with Crippen molar-refractivity contribution in [3.05, 3.63) is 71.5 Å². The lowest BCUT2D eigenvalue weighted by atomic mass is 10.1. The van der Waals surface area contributed by atoms with E-state index in [0.29, 0.717) is 0 Å². The lowest BCUT2D eigenvalue weighted by Crippen LogP contribution is -2.52. The first-order valence-corrected chi connectivity index (χ1v) is 9.32. The molecular formula is C18H19FNO6P. The Kier molecular flexibility index (Phi) is 6.49. The first-order valence-electron chi connectivity index (χ1n) is 7.78. The average Bonchev–Trinajstić information content (AvgIpc) is 2.72. The summed E-state index contributed by atoms with van der Waals surface area (Å²) in [6, 6.07) is 12.5. The summed E-state index contributed by atoms with van der Waals surface area (Å²) in [4.78, 5) is 25.6. The van der Waals surface area contributed by atoms with Gasteiger partial charge in [-0.1, -0.05) is 30.3 Å². The van der Waals surface area contributed by atoms with E-state index in [4.69, 9.17) is 13.8 Å². The molecule has 9 heteroatoms. The molecule has 144 valence electrons. The lowest BCUT2D eigenvalue weighted by Gasteiger charge is -2.36. The van der Waals surface area contributed by atoms with Gasteiger partial charge in [-0.25, -0.2) is 9.18 Å². The minimum absolute atomic E-state index is 0.0212. The molecule has 1 amide bonds. The number of halogens is 1. The van der Waals surface area contributed by atoms with Gasteiger partial charge in [0.05, 0.1) is 7.11 Å². The maximum absolute atomic E-state index is 13.4. The predicted octanol–water partition coefficient (Wildman–Crippen LogP) is 3.07. The summed E-state index contributed by atoms with van der Waals surface area (Å²) in [5, 5.41) is 0.0853. The van der Waals surface area contributed by atoms with E-state index < -0.39 is 30.6 Å². The van der Waals surface area contributed by atoms with Crippen LogP contribution in [0.1, 0.15) is 15.9 Å². The van der Waals surface area contributed by atoms with Crippen LogP contribution in [0, 0.1) is 5.82 Å². The van der Waals surface area contributed by atoms with Crippen molar-refractivity contribution in [1.82, 2.24) is 5.32 Å². The second-order valence-corrected chi connectivity index (χ2v) is 7.79. The molecule has 0 spiro atoms. The van der Waals surface area contributed by atoms with Crippen LogP contribution in [-0.2, 0) is 28.4 Å². The van der Waals surface area contributed by atoms with Gasteiger partial charge in [-0.3, -0.25) is 9.36 Å². The molecule has 0 saturated carbocycles. The molecule has 0 aliphatic rings. The molecule has 1 atom stereocenters. The zero-order valence-corrected chi connectivity index (χ0v) is 15.9. The summed E-state index contributed by atoms with van der Waals surface area (Å²) in [6.07, 6.45) is 0. The number of amides is 1. The van der Waals surface area contributed by atoms with Gasteiger partial charge in [0.1, 0.15) is 5.82 Å². The Labute approximate surface area is 156 Å². The van der Waals surface area contributed by atoms with Gasteiger partial charge in [0.2, 0.25) is 0 Å². The summed E-state index contributed by atoms with van der Waals surface area (Å²) >= 11 is 0. The molecule has 2 rings (SSSR count). The molecule has 0 radical (unpaired) electrons. The molecule has 0 fully saturated rings. The highest BCUT2D eigenvalue weighted by Crippen LogP contribution is 2.63. The Bertz CT molecular complexity index is 850. The van der Waals surface area contributed by atoms with Crippen molar-refractivity contribution in [3.63, 3.8) is 0 Å². The molecule has 0 bridgehead atoms. The van der Waals surface area contributed by atoms with E-state index >= 15 is 0 Å². The van der Waals surface area contributed by atoms with E-state index in [-0.39, 0.29) is 11.1 Å². The van der Waals surface area contributed by atoms with Gasteiger partial charge in [-0.2, -0.15) is 0 Å². The normalized spacial score (nSPS) is 13.5. The Hall–Kier alpha value is -2.54. The first kappa shape index (κ1) is 20.8. The number of benzene rings is 2. The summed E-state index contributed by atoms with van der Waals surface area (Å²) in [5.74, 6) is -2.40. The van der Waals surface area contributed by atoms with Crippen molar-refractivity contribution in [2.75, 3.05) is 21.3 Å². The minimum Gasteiger partial charge on any atom is -0.467 e. The van der Waals surface area contributed by atoms with Gasteiger partial charge in [-0.15, -0.1) is 0 Å². The van der Waals surface area contributed by atoms with Crippen molar-refractivity contribution >= 4 is 19.5 Å². The molecule has 2 aromatic carbocycles. The fourth-order valence-corrected chi connectivity index (χ4v) is 4.31. The second kappa shape index (κ2) is 8.43. The van der Waals surface area contributed by atoms with Crippen LogP contribution in [0.2, 0.25) is 0 Å². The lowest BCUT2D eigenvalue weighted by molar-refractivity contribution is -0.145. The summed E-state index contributed by atoms with van der Waals surface area (Å²) in [5.41, 5.74) is 0.179. The van der Waals surface area contributed by atoms with Crippen molar-refractivity contribution in [2.45, 2.75) is 5.28 Å². The fraction of sp³-hybridized carbons (Fsp3) is 0.222. The topological polar surface area (TPSA) is 90.9 Å². The van der Waals surface area contributed by atoms with Crippen LogP contribution in [0.4, 0.5) is 4.39 Å². The molecule has 0 heterocycles. The summed E-state index contributed by atoms with van der Waals surface area (Å²) in [6.45, 7) is 0. The molecular weight excluding hydrogens is 376 g/mol. The van der Waals surface area contributed by atoms with Crippen LogP contribution in [0.25, 0.3) is 0 Å². The number of nitrogens with one attached hydrogen (secondary N) is 1. The van der Waals surface area contributed by atoms with Gasteiger partial charge >= 0.3 is 13.6 Å². The van der Waals surface area contributed by atoms with E-state index in [9.17, 15) is 18.5 Å². The first-order chi connectivity index (χ1) is 12.8. The number of carbonyl (C=O) groups excluding carboxylic acids is 2. The number of rotatable bonds is 7. The highest BCUT2D eigenvalue weighted by molar-refractivity contribution is 7.56. The molecule has 0 aromatic heterocycles. The van der Waals surface area contributed by atoms with Crippen LogP contribution in [0.3, 0.4) is 0 Å². The van der Waals surface area contributed by atoms with Crippen molar-refractivity contribution in [3.8, 4) is 0 Å². The number of ether oxygens (including phenoxy) is 1. The van der Waals surface area contributed by atoms with Crippen LogP contribution in [0.15, 0.2) is 54.6 Å². The van der Waals surface area contributed by atoms with Gasteiger partial charge in [0.25, 0.3) is 11.2 Å². The molecule has 7 nitrogen and oxygen atoms in total. The van der Waals surface area contributed by atoms with E-state index in [1.165, 1.54) is 24.3 Å². The number of methoxy groups -OCH3 is 1. The number of hydrogen-bond donors (Lipinski definition) is 1. The predicted molar refractivity (Wildman–Crippen MR) is 95.6 cm³/mol. The Balaban J connectivity index is 2.71. The van der Waals surface area contributed by atoms with E-state index in [1.807, 2.05) is 0 Å².